The van der Waals surface area contributed by atoms with Gasteiger partial charge in [-0.2, -0.15) is 0 Å². The van der Waals surface area contributed by atoms with E-state index in [1.54, 1.807) is 0 Å². The van der Waals surface area contributed by atoms with Crippen molar-refractivity contribution >= 4 is 61.5 Å². The molecule has 198 valence electrons. The van der Waals surface area contributed by atoms with Gasteiger partial charge in [-0.15, -0.1) is 30.6 Å². The van der Waals surface area contributed by atoms with Gasteiger partial charge in [0.15, 0.2) is 23.3 Å². The Kier molecular flexibility index (Phi) is 5.45. The lowest BCUT2D eigenvalue weighted by Crippen LogP contribution is -2.34. The smallest absolute Gasteiger partial charge is 0.187 e. The summed E-state index contributed by atoms with van der Waals surface area (Å²) in [4.78, 5) is 19.5. The summed E-state index contributed by atoms with van der Waals surface area (Å²) >= 11 is 0. The Balaban J connectivity index is 1.48. The molecule has 12 nitrogen and oxygen atoms in total. The van der Waals surface area contributed by atoms with E-state index in [-0.39, 0.29) is 17.5 Å². The second kappa shape index (κ2) is 9.71. The Morgan fingerprint density at radius 2 is 0.833 bits per heavy atom. The van der Waals surface area contributed by atoms with Crippen LogP contribution in [0, 0.1) is 0 Å². The van der Waals surface area contributed by atoms with Gasteiger partial charge in [-0.05, 0) is 48.5 Å². The van der Waals surface area contributed by atoms with E-state index in [1.807, 2.05) is 97.1 Å². The molecule has 42 heavy (non-hydrogen) atoms. The highest BCUT2D eigenvalue weighted by molar-refractivity contribution is 6.31. The molecule has 0 spiro atoms. The summed E-state index contributed by atoms with van der Waals surface area (Å²) < 4.78 is 0. The van der Waals surface area contributed by atoms with Crippen molar-refractivity contribution < 1.29 is 0 Å². The maximum absolute atomic E-state index is 4.92. The Bertz CT molecular complexity index is 2150. The number of nitrogens with zero attached hydrogens (tertiary/aromatic N) is 10. The molecule has 0 radical (unpaired) electrons. The fourth-order valence-corrected chi connectivity index (χ4v) is 4.69. The van der Waals surface area contributed by atoms with E-state index in [9.17, 15) is 0 Å². The first-order chi connectivity index (χ1) is 20.8. The molecule has 0 amide bonds. The summed E-state index contributed by atoms with van der Waals surface area (Å²) in [5.74, 6) is 1.17. The highest BCUT2D eigenvalue weighted by atomic mass is 15.4. The first-order valence-electron chi connectivity index (χ1n) is 13.0. The number of anilines is 1. The van der Waals surface area contributed by atoms with E-state index in [0.29, 0.717) is 55.8 Å². The molecule has 0 atom stereocenters. The Morgan fingerprint density at radius 3 is 1.36 bits per heavy atom. The van der Waals surface area contributed by atoms with Crippen LogP contribution < -0.4 is 10.9 Å². The van der Waals surface area contributed by atoms with Crippen LogP contribution in [0.15, 0.2) is 102 Å². The van der Waals surface area contributed by atoms with Crippen molar-refractivity contribution in [2.75, 3.05) is 5.43 Å². The van der Waals surface area contributed by atoms with E-state index in [2.05, 4.69) is 41.4 Å². The Labute approximate surface area is 237 Å². The lowest BCUT2D eigenvalue weighted by molar-refractivity contribution is 0.950. The molecule has 0 unspecified atom stereocenters. The third kappa shape index (κ3) is 4.10. The minimum Gasteiger partial charge on any atom is -0.297 e. The Morgan fingerprint density at radius 1 is 0.405 bits per heavy atom. The van der Waals surface area contributed by atoms with E-state index in [1.165, 1.54) is 0 Å². The summed E-state index contributed by atoms with van der Waals surface area (Å²) in [7, 11) is 0. The van der Waals surface area contributed by atoms with Gasteiger partial charge in [0.1, 0.15) is 16.6 Å². The van der Waals surface area contributed by atoms with Gasteiger partial charge in [-0.25, -0.2) is 19.9 Å². The molecule has 0 saturated carbocycles. The molecule has 4 heterocycles. The highest BCUT2D eigenvalue weighted by Gasteiger charge is 2.29. The van der Waals surface area contributed by atoms with Crippen LogP contribution in [0.3, 0.4) is 0 Å². The van der Waals surface area contributed by atoms with Gasteiger partial charge in [0.2, 0.25) is 0 Å². The van der Waals surface area contributed by atoms with Crippen molar-refractivity contribution in [3.63, 3.8) is 0 Å². The summed E-state index contributed by atoms with van der Waals surface area (Å²) in [6, 6.07) is 30.2. The Hall–Kier alpha value is -6.30. The van der Waals surface area contributed by atoms with Crippen LogP contribution >= 0.6 is 0 Å². The number of hydrogen-bond donors (Lipinski definition) is 2. The number of aromatic nitrogens is 9. The third-order valence-corrected chi connectivity index (χ3v) is 6.69. The average Bonchev–Trinajstić information content (AvgIpc) is 3.06. The molecule has 2 N–H and O–H groups in total. The minimum absolute atomic E-state index is 0.251. The second-order valence-electron chi connectivity index (χ2n) is 9.35. The molecule has 12 heteroatoms. The summed E-state index contributed by atoms with van der Waals surface area (Å²) in [5.41, 5.74) is 12.6. The quantitative estimate of drug-likeness (QED) is 0.324. The lowest BCUT2D eigenvalue weighted by Gasteiger charge is -2.22. The molecule has 0 fully saturated rings. The second-order valence-corrected chi connectivity index (χ2v) is 9.35. The van der Waals surface area contributed by atoms with E-state index >= 15 is 0 Å². The number of amidine groups is 1. The van der Waals surface area contributed by atoms with Crippen molar-refractivity contribution in [2.45, 2.75) is 0 Å². The topological polar surface area (TPSA) is 152 Å². The van der Waals surface area contributed by atoms with Crippen LogP contribution in [0.4, 0.5) is 11.4 Å². The van der Waals surface area contributed by atoms with Crippen molar-refractivity contribution in [1.29, 1.82) is 0 Å². The van der Waals surface area contributed by atoms with E-state index in [4.69, 9.17) is 19.9 Å². The first-order valence-corrected chi connectivity index (χ1v) is 13.0. The molecule has 3 aromatic heterocycles. The fraction of sp³-hybridized carbons (Fsp3) is 0. The molecule has 1 aliphatic heterocycles. The summed E-state index contributed by atoms with van der Waals surface area (Å²) in [5, 5.41) is 26.9. The predicted octanol–water partition coefficient (Wildman–Crippen LogP) is 4.32. The number of benzene rings is 4. The standard InChI is InChI=1S/C30H18N12/c1-5-13-21-17(9-1)31-27(39-35-21)25(28-32-18-10-2-6-14-22(18)36-40-28)26(29-33-19-11-3-7-15-23(19)37-41-29)30-34-20-12-4-8-16-24(20)38-42-30/h1-16,35H,(H,31,39). The maximum atomic E-state index is 4.92. The number of rotatable bonds is 4. The minimum atomic E-state index is 0.251. The molecular formula is C30H18N12. The largest absolute Gasteiger partial charge is 0.297 e. The maximum Gasteiger partial charge on any atom is 0.187 e. The van der Waals surface area contributed by atoms with Gasteiger partial charge in [-0.3, -0.25) is 10.9 Å². The molecule has 0 saturated heterocycles. The first kappa shape index (κ1) is 23.6. The number of nitrogens with one attached hydrogen (secondary N) is 2. The molecule has 1 aliphatic rings. The van der Waals surface area contributed by atoms with Crippen LogP contribution in [0.25, 0.3) is 44.2 Å². The number of para-hydroxylation sites is 5. The molecule has 0 bridgehead atoms. The van der Waals surface area contributed by atoms with Gasteiger partial charge in [-0.1, -0.05) is 48.5 Å². The highest BCUT2D eigenvalue weighted by Crippen LogP contribution is 2.33. The number of aliphatic imine (C=N–C) groups is 1. The molecule has 4 aromatic carbocycles. The van der Waals surface area contributed by atoms with E-state index < -0.39 is 0 Å². The SMILES string of the molecule is c1ccc2c(c1)N=C(C(=C(c1nnc3ccccc3n1)c1nnc3ccccc3n1)c1nnc3ccccc3n1)NN2. The van der Waals surface area contributed by atoms with Gasteiger partial charge >= 0.3 is 0 Å². The number of hydrazine groups is 1. The van der Waals surface area contributed by atoms with Gasteiger partial charge in [0, 0.05) is 0 Å². The van der Waals surface area contributed by atoms with Gasteiger partial charge in [0.05, 0.1) is 39.1 Å². The van der Waals surface area contributed by atoms with Gasteiger partial charge in [0.25, 0.3) is 0 Å². The van der Waals surface area contributed by atoms with Crippen molar-refractivity contribution in [2.24, 2.45) is 4.99 Å². The van der Waals surface area contributed by atoms with Crippen LogP contribution in [-0.4, -0.2) is 51.4 Å². The molecular weight excluding hydrogens is 528 g/mol. The molecule has 8 rings (SSSR count). The normalized spacial score (nSPS) is 12.3. The summed E-state index contributed by atoms with van der Waals surface area (Å²) in [6.45, 7) is 0. The zero-order valence-corrected chi connectivity index (χ0v) is 21.7. The van der Waals surface area contributed by atoms with Gasteiger partial charge < -0.3 is 0 Å². The van der Waals surface area contributed by atoms with Crippen LogP contribution in [0.1, 0.15) is 17.5 Å². The predicted molar refractivity (Wildman–Crippen MR) is 158 cm³/mol. The van der Waals surface area contributed by atoms with Crippen LogP contribution in [0.5, 0.6) is 0 Å². The van der Waals surface area contributed by atoms with Crippen LogP contribution in [0.2, 0.25) is 0 Å². The number of fused-ring (bicyclic) bond motifs is 4. The molecule has 0 aliphatic carbocycles. The fourth-order valence-electron chi connectivity index (χ4n) is 4.69. The zero-order valence-electron chi connectivity index (χ0n) is 21.7. The lowest BCUT2D eigenvalue weighted by atomic mass is 10.0. The van der Waals surface area contributed by atoms with Crippen molar-refractivity contribution in [3.05, 3.63) is 115 Å². The van der Waals surface area contributed by atoms with E-state index in [0.717, 1.165) is 5.69 Å². The zero-order chi connectivity index (χ0) is 27.9. The van der Waals surface area contributed by atoms with Crippen LogP contribution in [-0.2, 0) is 0 Å². The average molecular weight is 547 g/mol. The summed E-state index contributed by atoms with van der Waals surface area (Å²) in [6.07, 6.45) is 0. The molecule has 7 aromatic rings. The van der Waals surface area contributed by atoms with Crippen molar-refractivity contribution in [3.8, 4) is 0 Å². The van der Waals surface area contributed by atoms with Crippen molar-refractivity contribution in [1.82, 2.24) is 51.0 Å². The monoisotopic (exact) mass is 546 g/mol. The number of hydrogen-bond acceptors (Lipinski definition) is 12. The third-order valence-electron chi connectivity index (χ3n) is 6.69.